The zero-order chi connectivity index (χ0) is 21.5. The molecule has 0 saturated heterocycles. The van der Waals surface area contributed by atoms with E-state index in [4.69, 9.17) is 16.3 Å². The second kappa shape index (κ2) is 7.64. The lowest BCUT2D eigenvalue weighted by Gasteiger charge is -2.06. The summed E-state index contributed by atoms with van der Waals surface area (Å²) in [5, 5.41) is 4.70. The summed E-state index contributed by atoms with van der Waals surface area (Å²) < 4.78 is 18.7. The van der Waals surface area contributed by atoms with Crippen molar-refractivity contribution >= 4 is 61.3 Å². The molecule has 0 spiro atoms. The number of benzene rings is 2. The number of H-pyrrole nitrogens is 1. The Labute approximate surface area is 184 Å². The molecule has 0 bridgehead atoms. The first kappa shape index (κ1) is 19.5. The number of nitrogens with one attached hydrogen (secondary N) is 2. The molecule has 9 heteroatoms. The average Bonchev–Trinajstić information content (AvgIpc) is 3.40. The molecule has 0 aliphatic heterocycles. The van der Waals surface area contributed by atoms with Crippen LogP contribution in [0.2, 0.25) is 5.02 Å². The third kappa shape index (κ3) is 3.60. The van der Waals surface area contributed by atoms with Crippen LogP contribution < -0.4 is 10.1 Å². The van der Waals surface area contributed by atoms with E-state index in [0.717, 1.165) is 16.7 Å². The van der Waals surface area contributed by atoms with Gasteiger partial charge in [0.15, 0.2) is 0 Å². The van der Waals surface area contributed by atoms with Crippen molar-refractivity contribution in [3.63, 3.8) is 0 Å². The fourth-order valence-electron chi connectivity index (χ4n) is 3.27. The fraction of sp³-hybridized carbons (Fsp3) is 0.0455. The molecule has 0 atom stereocenters. The highest BCUT2D eigenvalue weighted by atomic mass is 35.5. The number of hydrogen-bond acceptors (Lipinski definition) is 6. The Morgan fingerprint density at radius 3 is 2.84 bits per heavy atom. The van der Waals surface area contributed by atoms with Crippen LogP contribution in [0.15, 0.2) is 54.9 Å². The minimum absolute atomic E-state index is 0.00641. The highest BCUT2D eigenvalue weighted by Crippen LogP contribution is 2.32. The molecule has 0 aliphatic rings. The molecule has 3 heterocycles. The van der Waals surface area contributed by atoms with Gasteiger partial charge in [-0.25, -0.2) is 14.4 Å². The number of ether oxygens (including phenoxy) is 1. The van der Waals surface area contributed by atoms with Gasteiger partial charge in [-0.15, -0.1) is 11.3 Å². The van der Waals surface area contributed by atoms with E-state index in [2.05, 4.69) is 20.3 Å². The number of fused-ring (bicyclic) bond motifs is 2. The molecule has 2 N–H and O–H groups in total. The number of halogens is 2. The van der Waals surface area contributed by atoms with Crippen molar-refractivity contribution < 1.29 is 13.9 Å². The molecule has 0 aliphatic carbocycles. The molecule has 3 aromatic heterocycles. The summed E-state index contributed by atoms with van der Waals surface area (Å²) in [5.41, 5.74) is 1.90. The summed E-state index contributed by atoms with van der Waals surface area (Å²) in [6.45, 7) is 0. The van der Waals surface area contributed by atoms with E-state index in [9.17, 15) is 9.18 Å². The van der Waals surface area contributed by atoms with E-state index in [1.807, 2.05) is 18.2 Å². The van der Waals surface area contributed by atoms with Gasteiger partial charge in [0.25, 0.3) is 0 Å². The molecule has 0 radical (unpaired) electrons. The van der Waals surface area contributed by atoms with E-state index >= 15 is 0 Å². The number of methoxy groups -OCH3 is 1. The smallest absolute Gasteiger partial charge is 0.219 e. The van der Waals surface area contributed by atoms with E-state index in [1.165, 1.54) is 29.8 Å². The fourth-order valence-corrected chi connectivity index (χ4v) is 4.40. The topological polar surface area (TPSA) is 79.9 Å². The van der Waals surface area contributed by atoms with Gasteiger partial charge < -0.3 is 15.0 Å². The van der Waals surface area contributed by atoms with Gasteiger partial charge in [-0.3, -0.25) is 4.79 Å². The van der Waals surface area contributed by atoms with Crippen LogP contribution in [0, 0.1) is 5.82 Å². The van der Waals surface area contributed by atoms with Crippen LogP contribution in [-0.2, 0) is 0 Å². The molecular formula is C22H14ClFN4O2S. The monoisotopic (exact) mass is 452 g/mol. The van der Waals surface area contributed by atoms with Crippen LogP contribution in [-0.4, -0.2) is 27.8 Å². The van der Waals surface area contributed by atoms with Crippen LogP contribution in [0.25, 0.3) is 21.1 Å². The maximum Gasteiger partial charge on any atom is 0.219 e. The van der Waals surface area contributed by atoms with Crippen LogP contribution in [0.1, 0.15) is 15.4 Å². The molecule has 31 heavy (non-hydrogen) atoms. The summed E-state index contributed by atoms with van der Waals surface area (Å²) in [4.78, 5) is 26.0. The Bertz CT molecular complexity index is 1460. The zero-order valence-electron chi connectivity index (χ0n) is 16.1. The predicted octanol–water partition coefficient (Wildman–Crippen LogP) is 5.95. The highest BCUT2D eigenvalue weighted by molar-refractivity contribution is 7.20. The van der Waals surface area contributed by atoms with Crippen molar-refractivity contribution in [1.29, 1.82) is 0 Å². The highest BCUT2D eigenvalue weighted by Gasteiger charge is 2.18. The minimum Gasteiger partial charge on any atom is -0.497 e. The Morgan fingerprint density at radius 1 is 1.16 bits per heavy atom. The maximum absolute atomic E-state index is 13.4. The Morgan fingerprint density at radius 2 is 2.03 bits per heavy atom. The standard InChI is InChI=1S/C22H14ClFN4O2S/c1-30-13-3-5-17-11(6-13)7-18(28-17)20(29)19-9-14-21(25-10-26-22(14)31-19)27-12-2-4-16(24)15(23)8-12/h2-10,28H,1H3,(H,25,26,27). The summed E-state index contributed by atoms with van der Waals surface area (Å²) in [5.74, 6) is 0.581. The number of aromatic amines is 1. The number of hydrogen-bond donors (Lipinski definition) is 2. The van der Waals surface area contributed by atoms with Gasteiger partial charge in [0.2, 0.25) is 5.78 Å². The lowest BCUT2D eigenvalue weighted by atomic mass is 10.2. The molecule has 6 nitrogen and oxygen atoms in total. The van der Waals surface area contributed by atoms with Gasteiger partial charge in [-0.05, 0) is 48.5 Å². The molecule has 2 aromatic carbocycles. The number of rotatable bonds is 5. The van der Waals surface area contributed by atoms with Crippen LogP contribution in [0.5, 0.6) is 5.75 Å². The zero-order valence-corrected chi connectivity index (χ0v) is 17.6. The van der Waals surface area contributed by atoms with E-state index < -0.39 is 5.82 Å². The molecule has 0 unspecified atom stereocenters. The largest absolute Gasteiger partial charge is 0.497 e. The summed E-state index contributed by atoms with van der Waals surface area (Å²) in [6.07, 6.45) is 1.41. The van der Waals surface area contributed by atoms with Crippen molar-refractivity contribution in [2.75, 3.05) is 12.4 Å². The predicted molar refractivity (Wildman–Crippen MR) is 120 cm³/mol. The number of anilines is 2. The molecule has 0 fully saturated rings. The first-order chi connectivity index (χ1) is 15.0. The van der Waals surface area contributed by atoms with Crippen molar-refractivity contribution in [3.05, 3.63) is 76.3 Å². The van der Waals surface area contributed by atoms with Crippen molar-refractivity contribution in [2.24, 2.45) is 0 Å². The number of nitrogens with zero attached hydrogens (tertiary/aromatic N) is 2. The second-order valence-corrected chi connectivity index (χ2v) is 8.21. The van der Waals surface area contributed by atoms with E-state index in [0.29, 0.717) is 32.3 Å². The van der Waals surface area contributed by atoms with Gasteiger partial charge in [-0.1, -0.05) is 11.6 Å². The van der Waals surface area contributed by atoms with Crippen LogP contribution in [0.4, 0.5) is 15.9 Å². The molecule has 5 rings (SSSR count). The van der Waals surface area contributed by atoms with Crippen LogP contribution in [0.3, 0.4) is 0 Å². The first-order valence-corrected chi connectivity index (χ1v) is 10.4. The number of thiophene rings is 1. The number of aromatic nitrogens is 3. The lowest BCUT2D eigenvalue weighted by molar-refractivity contribution is 0.103. The maximum atomic E-state index is 13.4. The van der Waals surface area contributed by atoms with Crippen molar-refractivity contribution in [3.8, 4) is 5.75 Å². The Kier molecular flexibility index (Phi) is 4.80. The molecular weight excluding hydrogens is 439 g/mol. The Hall–Kier alpha value is -3.49. The first-order valence-electron chi connectivity index (χ1n) is 9.20. The lowest BCUT2D eigenvalue weighted by Crippen LogP contribution is -1.98. The Balaban J connectivity index is 1.50. The third-order valence-electron chi connectivity index (χ3n) is 4.81. The van der Waals surface area contributed by atoms with E-state index in [1.54, 1.807) is 25.3 Å². The average molecular weight is 453 g/mol. The quantitative estimate of drug-likeness (QED) is 0.322. The molecule has 154 valence electrons. The van der Waals surface area contributed by atoms with Crippen molar-refractivity contribution in [1.82, 2.24) is 15.0 Å². The minimum atomic E-state index is -0.501. The summed E-state index contributed by atoms with van der Waals surface area (Å²) in [6, 6.07) is 13.4. The van der Waals surface area contributed by atoms with Gasteiger partial charge in [0.1, 0.15) is 28.5 Å². The summed E-state index contributed by atoms with van der Waals surface area (Å²) >= 11 is 7.14. The summed E-state index contributed by atoms with van der Waals surface area (Å²) in [7, 11) is 1.60. The van der Waals surface area contributed by atoms with Gasteiger partial charge >= 0.3 is 0 Å². The molecule has 0 saturated carbocycles. The number of carbonyl (C=O) groups is 1. The normalized spacial score (nSPS) is 11.2. The van der Waals surface area contributed by atoms with Gasteiger partial charge in [0, 0.05) is 16.6 Å². The van der Waals surface area contributed by atoms with E-state index in [-0.39, 0.29) is 10.8 Å². The van der Waals surface area contributed by atoms with Gasteiger partial charge in [0.05, 0.1) is 28.1 Å². The molecule has 5 aromatic rings. The van der Waals surface area contributed by atoms with Gasteiger partial charge in [-0.2, -0.15) is 0 Å². The third-order valence-corrected chi connectivity index (χ3v) is 6.14. The molecule has 0 amide bonds. The number of ketones is 1. The SMILES string of the molecule is COc1ccc2[nH]c(C(=O)c3cc4c(Nc5ccc(F)c(Cl)c5)ncnc4s3)cc2c1. The number of carbonyl (C=O) groups excluding carboxylic acids is 1. The van der Waals surface area contributed by atoms with Crippen molar-refractivity contribution in [2.45, 2.75) is 0 Å². The second-order valence-electron chi connectivity index (χ2n) is 6.77. The van der Waals surface area contributed by atoms with Crippen LogP contribution >= 0.6 is 22.9 Å².